The van der Waals surface area contributed by atoms with Crippen LogP contribution in [0.2, 0.25) is 0 Å². The Kier molecular flexibility index (Phi) is 5.17. The molecule has 3 rings (SSSR count). The molecule has 8 heteroatoms. The summed E-state index contributed by atoms with van der Waals surface area (Å²) in [6.07, 6.45) is 2.00. The summed E-state index contributed by atoms with van der Waals surface area (Å²) in [5.41, 5.74) is 1.22. The molecule has 0 saturated carbocycles. The summed E-state index contributed by atoms with van der Waals surface area (Å²) in [7, 11) is 3.88. The van der Waals surface area contributed by atoms with Crippen LogP contribution >= 0.6 is 0 Å². The minimum Gasteiger partial charge on any atom is -0.344 e. The number of hydrogen-bond acceptors (Lipinski definition) is 6. The van der Waals surface area contributed by atoms with E-state index in [1.807, 2.05) is 6.92 Å². The quantitative estimate of drug-likeness (QED) is 0.741. The minimum atomic E-state index is -0.0921. The van der Waals surface area contributed by atoms with Crippen LogP contribution in [-0.4, -0.2) is 96.4 Å². The van der Waals surface area contributed by atoms with Gasteiger partial charge < -0.3 is 19.6 Å². The lowest BCUT2D eigenvalue weighted by molar-refractivity contribution is -0.129. The zero-order valence-corrected chi connectivity index (χ0v) is 15.2. The monoisotopic (exact) mass is 346 g/mol. The molecule has 1 aromatic heterocycles. The van der Waals surface area contributed by atoms with Gasteiger partial charge in [0.05, 0.1) is 11.3 Å². The van der Waals surface area contributed by atoms with E-state index in [2.05, 4.69) is 26.8 Å². The Morgan fingerprint density at radius 2 is 1.76 bits per heavy atom. The lowest BCUT2D eigenvalue weighted by Gasteiger charge is -2.32. The molecular weight excluding hydrogens is 320 g/mol. The van der Waals surface area contributed by atoms with Crippen LogP contribution < -0.4 is 4.90 Å². The van der Waals surface area contributed by atoms with Crippen LogP contribution in [0, 0.1) is 6.92 Å². The third-order valence-electron chi connectivity index (χ3n) is 5.00. The van der Waals surface area contributed by atoms with Crippen LogP contribution in [0.4, 0.5) is 5.95 Å². The fourth-order valence-corrected chi connectivity index (χ4v) is 3.13. The van der Waals surface area contributed by atoms with Crippen molar-refractivity contribution < 1.29 is 9.59 Å². The first kappa shape index (κ1) is 17.6. The maximum atomic E-state index is 12.8. The fraction of sp³-hybridized carbons (Fsp3) is 0.647. The van der Waals surface area contributed by atoms with Crippen LogP contribution in [0.25, 0.3) is 0 Å². The summed E-state index contributed by atoms with van der Waals surface area (Å²) in [4.78, 5) is 41.4. The highest BCUT2D eigenvalue weighted by Crippen LogP contribution is 2.16. The summed E-state index contributed by atoms with van der Waals surface area (Å²) < 4.78 is 0. The topological polar surface area (TPSA) is 72.9 Å². The summed E-state index contributed by atoms with van der Waals surface area (Å²) in [6.45, 7) is 7.15. The molecule has 0 atom stereocenters. The zero-order valence-electron chi connectivity index (χ0n) is 15.2. The number of anilines is 1. The van der Waals surface area contributed by atoms with Gasteiger partial charge in [0.1, 0.15) is 0 Å². The molecule has 8 nitrogen and oxygen atoms in total. The smallest absolute Gasteiger partial charge is 0.257 e. The van der Waals surface area contributed by atoms with Crippen molar-refractivity contribution in [2.45, 2.75) is 13.3 Å². The van der Waals surface area contributed by atoms with Gasteiger partial charge in [0.2, 0.25) is 11.9 Å². The zero-order chi connectivity index (χ0) is 18.0. The number of hydrogen-bond donors (Lipinski definition) is 0. The van der Waals surface area contributed by atoms with Crippen molar-refractivity contribution >= 4 is 17.8 Å². The molecule has 0 unspecified atom stereocenters. The van der Waals surface area contributed by atoms with Crippen LogP contribution in [0.5, 0.6) is 0 Å². The normalized spacial score (nSPS) is 20.0. The number of rotatable bonds is 2. The number of aromatic nitrogens is 2. The number of carbonyl (C=O) groups is 2. The average Bonchev–Trinajstić information content (AvgIpc) is 2.77. The summed E-state index contributed by atoms with van der Waals surface area (Å²) in [6, 6.07) is 0. The predicted molar refractivity (Wildman–Crippen MR) is 94.6 cm³/mol. The third-order valence-corrected chi connectivity index (χ3v) is 5.00. The first-order valence-corrected chi connectivity index (χ1v) is 8.76. The molecule has 0 N–H and O–H groups in total. The van der Waals surface area contributed by atoms with E-state index in [1.165, 1.54) is 0 Å². The van der Waals surface area contributed by atoms with Crippen LogP contribution in [0.1, 0.15) is 22.5 Å². The van der Waals surface area contributed by atoms with Gasteiger partial charge in [-0.2, -0.15) is 0 Å². The largest absolute Gasteiger partial charge is 0.344 e. The standard InChI is InChI=1S/C17H26N6O2/c1-13-14(16(25)22-5-4-15(24)21(3)8-11-22)12-18-17(19-13)23-9-6-20(2)7-10-23/h12H,4-11H2,1-3H3. The van der Waals surface area contributed by atoms with Gasteiger partial charge in [-0.15, -0.1) is 0 Å². The van der Waals surface area contributed by atoms with Crippen molar-refractivity contribution in [3.63, 3.8) is 0 Å². The van der Waals surface area contributed by atoms with Gasteiger partial charge in [-0.3, -0.25) is 9.59 Å². The van der Waals surface area contributed by atoms with E-state index in [1.54, 1.807) is 23.0 Å². The van der Waals surface area contributed by atoms with Crippen LogP contribution in [-0.2, 0) is 4.79 Å². The van der Waals surface area contributed by atoms with E-state index in [0.29, 0.717) is 43.3 Å². The molecule has 0 radical (unpaired) electrons. The Bertz CT molecular complexity index is 657. The Morgan fingerprint density at radius 3 is 2.44 bits per heavy atom. The lowest BCUT2D eigenvalue weighted by Crippen LogP contribution is -2.45. The second-order valence-corrected chi connectivity index (χ2v) is 6.82. The van der Waals surface area contributed by atoms with Gasteiger partial charge in [0, 0.05) is 65.5 Å². The van der Waals surface area contributed by atoms with Crippen molar-refractivity contribution in [1.29, 1.82) is 0 Å². The summed E-state index contributed by atoms with van der Waals surface area (Å²) in [5, 5.41) is 0. The minimum absolute atomic E-state index is 0.0775. The molecule has 0 aromatic carbocycles. The number of nitrogens with zero attached hydrogens (tertiary/aromatic N) is 6. The van der Waals surface area contributed by atoms with Gasteiger partial charge in [-0.25, -0.2) is 9.97 Å². The molecular formula is C17H26N6O2. The molecule has 2 aliphatic rings. The Labute approximate surface area is 148 Å². The van der Waals surface area contributed by atoms with E-state index in [0.717, 1.165) is 26.2 Å². The first-order valence-electron chi connectivity index (χ1n) is 8.76. The molecule has 2 fully saturated rings. The van der Waals surface area contributed by atoms with Crippen molar-refractivity contribution in [2.24, 2.45) is 0 Å². The summed E-state index contributed by atoms with van der Waals surface area (Å²) in [5.74, 6) is 0.673. The van der Waals surface area contributed by atoms with Crippen molar-refractivity contribution in [2.75, 3.05) is 64.8 Å². The van der Waals surface area contributed by atoms with E-state index in [-0.39, 0.29) is 11.8 Å². The third kappa shape index (κ3) is 3.89. The highest BCUT2D eigenvalue weighted by atomic mass is 16.2. The highest BCUT2D eigenvalue weighted by Gasteiger charge is 2.25. The highest BCUT2D eigenvalue weighted by molar-refractivity contribution is 5.95. The van der Waals surface area contributed by atoms with Crippen molar-refractivity contribution in [3.05, 3.63) is 17.5 Å². The Hall–Kier alpha value is -2.22. The van der Waals surface area contributed by atoms with Gasteiger partial charge in [-0.05, 0) is 14.0 Å². The van der Waals surface area contributed by atoms with Gasteiger partial charge in [0.15, 0.2) is 0 Å². The SMILES string of the molecule is Cc1nc(N2CCN(C)CC2)ncc1C(=O)N1CCC(=O)N(C)CC1. The predicted octanol–water partition coefficient (Wildman–Crippen LogP) is -0.159. The number of aryl methyl sites for hydroxylation is 1. The first-order chi connectivity index (χ1) is 12.0. The molecule has 0 bridgehead atoms. The van der Waals surface area contributed by atoms with E-state index >= 15 is 0 Å². The summed E-state index contributed by atoms with van der Waals surface area (Å²) >= 11 is 0. The van der Waals surface area contributed by atoms with E-state index in [4.69, 9.17) is 0 Å². The molecule has 2 saturated heterocycles. The van der Waals surface area contributed by atoms with Gasteiger partial charge in [-0.1, -0.05) is 0 Å². The molecule has 3 heterocycles. The number of amides is 2. The number of likely N-dealkylation sites (N-methyl/N-ethyl adjacent to an activating group) is 2. The molecule has 0 aliphatic carbocycles. The second-order valence-electron chi connectivity index (χ2n) is 6.82. The molecule has 2 amide bonds. The van der Waals surface area contributed by atoms with E-state index in [9.17, 15) is 9.59 Å². The maximum absolute atomic E-state index is 12.8. The van der Waals surface area contributed by atoms with Crippen molar-refractivity contribution in [1.82, 2.24) is 24.7 Å². The van der Waals surface area contributed by atoms with Gasteiger partial charge in [0.25, 0.3) is 5.91 Å². The molecule has 1 aromatic rings. The lowest BCUT2D eigenvalue weighted by atomic mass is 10.2. The Morgan fingerprint density at radius 1 is 1.04 bits per heavy atom. The average molecular weight is 346 g/mol. The number of piperazine rings is 1. The van der Waals surface area contributed by atoms with Crippen LogP contribution in [0.15, 0.2) is 6.20 Å². The van der Waals surface area contributed by atoms with Crippen LogP contribution in [0.3, 0.4) is 0 Å². The molecule has 2 aliphatic heterocycles. The van der Waals surface area contributed by atoms with Crippen molar-refractivity contribution in [3.8, 4) is 0 Å². The Balaban J connectivity index is 1.72. The fourth-order valence-electron chi connectivity index (χ4n) is 3.13. The second kappa shape index (κ2) is 7.35. The molecule has 0 spiro atoms. The molecule has 136 valence electrons. The molecule has 25 heavy (non-hydrogen) atoms. The number of carbonyl (C=O) groups excluding carboxylic acids is 2. The van der Waals surface area contributed by atoms with E-state index < -0.39 is 0 Å². The van der Waals surface area contributed by atoms with Gasteiger partial charge >= 0.3 is 0 Å². The maximum Gasteiger partial charge on any atom is 0.257 e.